The van der Waals surface area contributed by atoms with Crippen molar-refractivity contribution in [2.75, 3.05) is 39.6 Å². The van der Waals surface area contributed by atoms with E-state index >= 15 is 0 Å². The highest BCUT2D eigenvalue weighted by molar-refractivity contribution is 5.77. The van der Waals surface area contributed by atoms with Gasteiger partial charge in [0.15, 0.2) is 25.2 Å². The van der Waals surface area contributed by atoms with E-state index in [4.69, 9.17) is 47.4 Å². The number of allylic oxidation sites excluding steroid dienone is 1. The third-order valence-corrected chi connectivity index (χ3v) is 20.6. The summed E-state index contributed by atoms with van der Waals surface area (Å²) in [7, 11) is 0. The van der Waals surface area contributed by atoms with E-state index in [1.165, 1.54) is 109 Å². The van der Waals surface area contributed by atoms with Crippen molar-refractivity contribution >= 4 is 23.7 Å². The van der Waals surface area contributed by atoms with Crippen LogP contribution in [0.2, 0.25) is 0 Å². The Bertz CT molecular complexity index is 2500. The van der Waals surface area contributed by atoms with Crippen LogP contribution in [-0.4, -0.2) is 321 Å². The molecular weight excluding hydrogens is 1410 g/mol. The predicted molar refractivity (Wildman–Crippen MR) is 378 cm³/mol. The molecule has 624 valence electrons. The molecule has 0 unspecified atom stereocenters. The van der Waals surface area contributed by atoms with Gasteiger partial charge in [-0.3, -0.25) is 14.4 Å². The van der Waals surface area contributed by atoms with Gasteiger partial charge in [0.2, 0.25) is 17.7 Å². The maximum atomic E-state index is 13.5. The molecule has 0 saturated carbocycles. The number of carboxylic acid groups (broad SMARTS) is 1. The van der Waals surface area contributed by atoms with E-state index in [2.05, 4.69) is 29.8 Å². The van der Waals surface area contributed by atoms with Crippen LogP contribution in [-0.2, 0) is 66.5 Å². The SMILES string of the molecule is CCCCCCCCCCCCC/C=C/[C@@H](O)[C@H](CO[C@@H]1O[C@H](CO)[C@@H](O[C@@H]2O[C@H](CO)[C@H](O)[C@H](O[C@@H]3O[C@H](CO)[C@@H](O[C@@H]4O[C@H](CO)[C@H](O)[C@H](O[C@]5(C(=O)O)C[C@H](O)[C@@H](NC(C)=O)[C@H]([C@H](O)[C@H](O)CO)O5)[C@H]4O)[C@H](O)[C@H]3NC(C)=O)[C@H]2O)[C@H](O)[C@H]1O)NC(=O)CCCCCCCCCCCCCCCCC. The Morgan fingerprint density at radius 1 is 0.486 bits per heavy atom. The fraction of sp³-hybridized carbons (Fsp3) is 0.918. The standard InChI is InChI=1S/C73H131N3O31/c1-5-7-9-11-13-15-17-19-20-22-24-26-28-30-32-34-52(87)76-44(45(84)33-31-29-27-25-23-21-18-16-14-12-10-8-6-2)41-98-69-60(93)59(92)64(51(40-81)102-69)104-70-61(94)66(56(89)48(37-78)99-70)105-68-54(75-43(4)83)58(91)63(50(39-80)101-68)103-71-62(95)67(57(90)49(38-79)100-71)107-73(72(96)97)35-46(85)53(74-42(3)82)65(106-73)55(88)47(86)36-77/h31,33,44-51,53-71,77-81,84-86,88-95H,5-30,32,34-41H2,1-4H3,(H,74,82)(H,75,83)(H,76,87)(H,96,97)/b33-31+/t44-,45+,46-,47+,48+,49+,50+,51+,53+,54+,55+,56-,57-,58+,59+,60+,61+,62+,63+,64+,65+,66-,67-,68-,69+,70-,71-,73-/m0/s1. The molecular formula is C73H131N3O31. The number of aliphatic hydroxyl groups excluding tert-OH is 16. The van der Waals surface area contributed by atoms with Crippen molar-refractivity contribution in [2.45, 2.75) is 385 Å². The highest BCUT2D eigenvalue weighted by Gasteiger charge is 2.61. The van der Waals surface area contributed by atoms with Gasteiger partial charge in [-0.05, 0) is 19.3 Å². The Labute approximate surface area is 627 Å². The second-order valence-corrected chi connectivity index (χ2v) is 29.3. The fourth-order valence-electron chi connectivity index (χ4n) is 14.3. The molecule has 28 atom stereocenters. The zero-order chi connectivity index (χ0) is 78.8. The number of carbonyl (C=O) groups is 4. The first-order chi connectivity index (χ1) is 51.3. The lowest BCUT2D eigenvalue weighted by molar-refractivity contribution is -0.390. The van der Waals surface area contributed by atoms with Crippen molar-refractivity contribution in [3.05, 3.63) is 12.2 Å². The second-order valence-electron chi connectivity index (χ2n) is 29.3. The minimum absolute atomic E-state index is 0.173. The summed E-state index contributed by atoms with van der Waals surface area (Å²) in [6.45, 7) is 0.644. The maximum Gasteiger partial charge on any atom is 0.364 e. The Kier molecular flexibility index (Phi) is 44.0. The molecule has 5 heterocycles. The van der Waals surface area contributed by atoms with E-state index in [9.17, 15) is 106 Å². The van der Waals surface area contributed by atoms with Crippen LogP contribution in [0.3, 0.4) is 0 Å². The van der Waals surface area contributed by atoms with Crippen LogP contribution in [0.1, 0.15) is 214 Å². The number of carboxylic acids is 1. The molecule has 5 aliphatic heterocycles. The summed E-state index contributed by atoms with van der Waals surface area (Å²) < 4.78 is 58.8. The summed E-state index contributed by atoms with van der Waals surface area (Å²) in [5.74, 6) is -7.31. The highest BCUT2D eigenvalue weighted by atomic mass is 16.8. The first-order valence-corrected chi connectivity index (χ1v) is 39.1. The number of hydrogen-bond donors (Lipinski definition) is 20. The molecule has 3 amide bonds. The average Bonchev–Trinajstić information content (AvgIpc) is 0.755. The number of hydrogen-bond acceptors (Lipinski definition) is 30. The normalized spacial score (nSPS) is 34.6. The highest BCUT2D eigenvalue weighted by Crippen LogP contribution is 2.40. The van der Waals surface area contributed by atoms with E-state index in [0.717, 1.165) is 65.2 Å². The average molecular weight is 1550 g/mol. The van der Waals surface area contributed by atoms with Gasteiger partial charge in [0, 0.05) is 26.7 Å². The molecule has 5 fully saturated rings. The minimum Gasteiger partial charge on any atom is -0.477 e. The van der Waals surface area contributed by atoms with Gasteiger partial charge in [0.25, 0.3) is 5.79 Å². The Balaban J connectivity index is 1.25. The maximum absolute atomic E-state index is 13.5. The molecule has 0 spiro atoms. The lowest BCUT2D eigenvalue weighted by atomic mass is 9.88. The molecule has 34 nitrogen and oxygen atoms in total. The van der Waals surface area contributed by atoms with Gasteiger partial charge in [-0.1, -0.05) is 180 Å². The molecule has 107 heavy (non-hydrogen) atoms. The van der Waals surface area contributed by atoms with Crippen molar-refractivity contribution in [1.29, 1.82) is 0 Å². The molecule has 0 aromatic heterocycles. The second kappa shape index (κ2) is 49.9. The molecule has 5 aliphatic rings. The van der Waals surface area contributed by atoms with Gasteiger partial charge >= 0.3 is 5.97 Å². The number of nitrogens with one attached hydrogen (secondary N) is 3. The molecule has 0 radical (unpaired) electrons. The van der Waals surface area contributed by atoms with Crippen molar-refractivity contribution in [2.24, 2.45) is 0 Å². The zero-order valence-electron chi connectivity index (χ0n) is 62.8. The van der Waals surface area contributed by atoms with Crippen molar-refractivity contribution < 1.29 is 153 Å². The first kappa shape index (κ1) is 94.2. The third-order valence-electron chi connectivity index (χ3n) is 20.6. The molecule has 0 aromatic rings. The van der Waals surface area contributed by atoms with Crippen LogP contribution in [0.15, 0.2) is 12.2 Å². The van der Waals surface area contributed by atoms with E-state index in [1.807, 2.05) is 6.08 Å². The van der Waals surface area contributed by atoms with E-state index in [0.29, 0.717) is 12.8 Å². The predicted octanol–water partition coefficient (Wildman–Crippen LogP) is -1.04. The van der Waals surface area contributed by atoms with Crippen LogP contribution in [0.25, 0.3) is 0 Å². The number of carbonyl (C=O) groups excluding carboxylic acids is 3. The largest absolute Gasteiger partial charge is 0.477 e. The van der Waals surface area contributed by atoms with Crippen LogP contribution in [0.5, 0.6) is 0 Å². The van der Waals surface area contributed by atoms with Crippen molar-refractivity contribution in [1.82, 2.24) is 16.0 Å². The number of ether oxygens (including phenoxy) is 10. The molecule has 0 aromatic carbocycles. The zero-order valence-corrected chi connectivity index (χ0v) is 62.8. The Morgan fingerprint density at radius 2 is 0.907 bits per heavy atom. The summed E-state index contributed by atoms with van der Waals surface area (Å²) in [6, 6.07) is -4.60. The van der Waals surface area contributed by atoms with Crippen LogP contribution < -0.4 is 16.0 Å². The summed E-state index contributed by atoms with van der Waals surface area (Å²) in [4.78, 5) is 51.7. The van der Waals surface area contributed by atoms with Gasteiger partial charge in [-0.2, -0.15) is 0 Å². The summed E-state index contributed by atoms with van der Waals surface area (Å²) in [5, 5.41) is 196. The topological polar surface area (TPSA) is 541 Å². The summed E-state index contributed by atoms with van der Waals surface area (Å²) >= 11 is 0. The van der Waals surface area contributed by atoms with Crippen LogP contribution in [0.4, 0.5) is 0 Å². The molecule has 0 aliphatic carbocycles. The van der Waals surface area contributed by atoms with Gasteiger partial charge in [0.1, 0.15) is 116 Å². The number of aliphatic carboxylic acids is 1. The Hall–Kier alpha value is -3.42. The smallest absolute Gasteiger partial charge is 0.364 e. The fourth-order valence-corrected chi connectivity index (χ4v) is 14.3. The lowest BCUT2D eigenvalue weighted by Gasteiger charge is -2.51. The van der Waals surface area contributed by atoms with Gasteiger partial charge in [-0.25, -0.2) is 4.79 Å². The minimum atomic E-state index is -3.19. The van der Waals surface area contributed by atoms with Crippen LogP contribution >= 0.6 is 0 Å². The monoisotopic (exact) mass is 1550 g/mol. The molecule has 20 N–H and O–H groups in total. The van der Waals surface area contributed by atoms with Crippen molar-refractivity contribution in [3.8, 4) is 0 Å². The van der Waals surface area contributed by atoms with E-state index in [1.54, 1.807) is 6.08 Å². The first-order valence-electron chi connectivity index (χ1n) is 39.1. The summed E-state index contributed by atoms with van der Waals surface area (Å²) in [6.07, 6.45) is -14.5. The molecule has 0 bridgehead atoms. The lowest BCUT2D eigenvalue weighted by Crippen LogP contribution is -2.71. The molecule has 5 rings (SSSR count). The van der Waals surface area contributed by atoms with Gasteiger partial charge in [0.05, 0.1) is 63.9 Å². The Morgan fingerprint density at radius 3 is 1.37 bits per heavy atom. The molecule has 34 heteroatoms. The van der Waals surface area contributed by atoms with Crippen molar-refractivity contribution in [3.63, 3.8) is 0 Å². The van der Waals surface area contributed by atoms with E-state index < -0.39 is 235 Å². The molecule has 5 saturated heterocycles. The number of amides is 3. The number of unbranched alkanes of at least 4 members (excludes halogenated alkanes) is 25. The number of rotatable bonds is 52. The van der Waals surface area contributed by atoms with Crippen LogP contribution in [0, 0.1) is 0 Å². The summed E-state index contributed by atoms with van der Waals surface area (Å²) in [5.41, 5.74) is 0. The third kappa shape index (κ3) is 29.2. The number of aliphatic hydroxyl groups is 16. The van der Waals surface area contributed by atoms with E-state index in [-0.39, 0.29) is 12.3 Å². The quantitative estimate of drug-likeness (QED) is 0.0255. The van der Waals surface area contributed by atoms with Gasteiger partial charge < -0.3 is 150 Å². The van der Waals surface area contributed by atoms with Gasteiger partial charge in [-0.15, -0.1) is 0 Å².